The van der Waals surface area contributed by atoms with Crippen LogP contribution in [-0.4, -0.2) is 76.4 Å². The van der Waals surface area contributed by atoms with Crippen LogP contribution >= 0.6 is 22.9 Å². The monoisotopic (exact) mass is 665 g/mol. The van der Waals surface area contributed by atoms with E-state index in [1.807, 2.05) is 4.90 Å². The molecule has 45 heavy (non-hydrogen) atoms. The van der Waals surface area contributed by atoms with Crippen molar-refractivity contribution in [3.63, 3.8) is 0 Å². The van der Waals surface area contributed by atoms with Crippen LogP contribution in [-0.2, 0) is 6.18 Å². The van der Waals surface area contributed by atoms with Crippen molar-refractivity contribution >= 4 is 55.0 Å². The van der Waals surface area contributed by atoms with Crippen LogP contribution in [0, 0.1) is 5.82 Å². The van der Waals surface area contributed by atoms with Gasteiger partial charge in [0, 0.05) is 54.7 Å². The number of nitrogen functional groups attached to an aromatic ring is 1. The number of nitrogens with one attached hydrogen (secondary N) is 1. The summed E-state index contributed by atoms with van der Waals surface area (Å²) in [6.07, 6.45) is -1.85. The highest BCUT2D eigenvalue weighted by molar-refractivity contribution is 7.22. The number of hydrogen-bond donors (Lipinski definition) is 2. The van der Waals surface area contributed by atoms with E-state index in [1.54, 1.807) is 0 Å². The summed E-state index contributed by atoms with van der Waals surface area (Å²) in [4.78, 5) is 17.5. The fourth-order valence-corrected chi connectivity index (χ4v) is 8.91. The number of fused-ring (bicyclic) bond motifs is 5. The SMILES string of the molecule is Nc1nc2c(-c3c(C(F)(F)F)cc4c(N5CC6CCC(C5)N6)nc(OCC56CCCN5CC(F)C6)nc4c3Cl)ccc(F)c2s1. The van der Waals surface area contributed by atoms with Gasteiger partial charge in [-0.1, -0.05) is 22.9 Å². The number of piperazine rings is 1. The molecule has 0 saturated carbocycles. The predicted octanol–water partition coefficient (Wildman–Crippen LogP) is 6.20. The van der Waals surface area contributed by atoms with Gasteiger partial charge >= 0.3 is 12.2 Å². The van der Waals surface area contributed by atoms with Crippen LogP contribution in [0.2, 0.25) is 5.02 Å². The number of aromatic nitrogens is 3. The number of hydrogen-bond acceptors (Lipinski definition) is 9. The van der Waals surface area contributed by atoms with Crippen LogP contribution in [0.25, 0.3) is 32.2 Å². The number of anilines is 2. The van der Waals surface area contributed by atoms with Crippen molar-refractivity contribution in [1.29, 1.82) is 0 Å². The molecule has 3 N–H and O–H groups in total. The molecule has 238 valence electrons. The van der Waals surface area contributed by atoms with Crippen molar-refractivity contribution in [2.75, 3.05) is 43.4 Å². The highest BCUT2D eigenvalue weighted by atomic mass is 35.5. The summed E-state index contributed by atoms with van der Waals surface area (Å²) in [6, 6.07) is 3.63. The van der Waals surface area contributed by atoms with E-state index in [4.69, 9.17) is 27.1 Å². The van der Waals surface area contributed by atoms with Crippen LogP contribution < -0.4 is 20.7 Å². The summed E-state index contributed by atoms with van der Waals surface area (Å²) in [6.45, 7) is 2.35. The van der Waals surface area contributed by atoms with E-state index >= 15 is 0 Å². The summed E-state index contributed by atoms with van der Waals surface area (Å²) >= 11 is 7.78. The zero-order chi connectivity index (χ0) is 31.2. The van der Waals surface area contributed by atoms with Gasteiger partial charge in [0.1, 0.15) is 24.4 Å². The smallest absolute Gasteiger partial charge is 0.417 e. The third-order valence-corrected chi connectivity index (χ3v) is 11.0. The highest BCUT2D eigenvalue weighted by Gasteiger charge is 2.49. The fourth-order valence-electron chi connectivity index (χ4n) is 7.79. The summed E-state index contributed by atoms with van der Waals surface area (Å²) in [7, 11) is 0. The molecule has 2 aromatic carbocycles. The lowest BCUT2D eigenvalue weighted by atomic mass is 9.95. The van der Waals surface area contributed by atoms with E-state index in [9.17, 15) is 22.0 Å². The van der Waals surface area contributed by atoms with Gasteiger partial charge < -0.3 is 20.7 Å². The predicted molar refractivity (Wildman–Crippen MR) is 163 cm³/mol. The van der Waals surface area contributed by atoms with Gasteiger partial charge in [-0.05, 0) is 50.4 Å². The van der Waals surface area contributed by atoms with Crippen molar-refractivity contribution in [2.45, 2.75) is 62.1 Å². The zero-order valence-corrected chi connectivity index (χ0v) is 25.5. The van der Waals surface area contributed by atoms with Gasteiger partial charge in [-0.25, -0.2) is 13.8 Å². The number of halogens is 6. The van der Waals surface area contributed by atoms with Gasteiger partial charge in [0.2, 0.25) is 0 Å². The molecule has 15 heteroatoms. The molecular weight excluding hydrogens is 637 g/mol. The normalized spacial score (nSPS) is 26.8. The molecule has 4 unspecified atom stereocenters. The summed E-state index contributed by atoms with van der Waals surface area (Å²) in [5.41, 5.74) is 4.02. The first-order chi connectivity index (χ1) is 21.5. The molecule has 4 atom stereocenters. The van der Waals surface area contributed by atoms with Crippen molar-refractivity contribution in [2.24, 2.45) is 0 Å². The molecule has 2 aromatic heterocycles. The molecule has 0 radical (unpaired) electrons. The highest BCUT2D eigenvalue weighted by Crippen LogP contribution is 2.49. The average molecular weight is 666 g/mol. The van der Waals surface area contributed by atoms with E-state index < -0.39 is 29.3 Å². The van der Waals surface area contributed by atoms with E-state index in [-0.39, 0.29) is 67.1 Å². The van der Waals surface area contributed by atoms with Crippen LogP contribution in [0.1, 0.15) is 37.7 Å². The summed E-state index contributed by atoms with van der Waals surface area (Å²) < 4.78 is 80.0. The second-order valence-electron chi connectivity index (χ2n) is 12.6. The van der Waals surface area contributed by atoms with Crippen LogP contribution in [0.4, 0.5) is 32.9 Å². The van der Waals surface area contributed by atoms with Gasteiger partial charge in [-0.2, -0.15) is 23.1 Å². The molecule has 4 aromatic rings. The van der Waals surface area contributed by atoms with Gasteiger partial charge in [-0.15, -0.1) is 0 Å². The first-order valence-electron chi connectivity index (χ1n) is 15.0. The second-order valence-corrected chi connectivity index (χ2v) is 14.0. The Kier molecular flexibility index (Phi) is 6.83. The molecule has 0 amide bonds. The van der Waals surface area contributed by atoms with E-state index in [2.05, 4.69) is 20.2 Å². The van der Waals surface area contributed by atoms with Crippen molar-refractivity contribution in [3.8, 4) is 17.1 Å². The van der Waals surface area contributed by atoms with Gasteiger partial charge in [0.05, 0.1) is 31.9 Å². The lowest BCUT2D eigenvalue weighted by molar-refractivity contribution is -0.137. The molecule has 4 fully saturated rings. The molecule has 8 nitrogen and oxygen atoms in total. The summed E-state index contributed by atoms with van der Waals surface area (Å²) in [5.74, 6) is -0.352. The van der Waals surface area contributed by atoms with Crippen molar-refractivity contribution < 1.29 is 26.7 Å². The van der Waals surface area contributed by atoms with Gasteiger partial charge in [-0.3, -0.25) is 4.90 Å². The number of thiazole rings is 1. The topological polar surface area (TPSA) is 92.4 Å². The number of rotatable bonds is 5. The lowest BCUT2D eigenvalue weighted by Crippen LogP contribution is -2.51. The Morgan fingerprint density at radius 3 is 2.64 bits per heavy atom. The minimum atomic E-state index is -4.83. The molecular formula is C30H29ClF5N7OS. The average Bonchev–Trinajstić information content (AvgIpc) is 3.73. The van der Waals surface area contributed by atoms with E-state index in [0.717, 1.165) is 55.7 Å². The molecule has 8 rings (SSSR count). The maximum Gasteiger partial charge on any atom is 0.417 e. The zero-order valence-electron chi connectivity index (χ0n) is 23.9. The van der Waals surface area contributed by atoms with Crippen molar-refractivity contribution in [1.82, 2.24) is 25.2 Å². The number of nitrogens with zero attached hydrogens (tertiary/aromatic N) is 5. The van der Waals surface area contributed by atoms with Gasteiger partial charge in [0.25, 0.3) is 0 Å². The maximum absolute atomic E-state index is 14.9. The molecule has 2 bridgehead atoms. The number of benzene rings is 2. The Balaban J connectivity index is 1.32. The van der Waals surface area contributed by atoms with Crippen LogP contribution in [0.15, 0.2) is 18.2 Å². The Hall–Kier alpha value is -3.07. The molecule has 4 aliphatic rings. The minimum Gasteiger partial charge on any atom is -0.461 e. The Morgan fingerprint density at radius 1 is 1.11 bits per heavy atom. The first-order valence-corrected chi connectivity index (χ1v) is 16.2. The van der Waals surface area contributed by atoms with Crippen LogP contribution in [0.5, 0.6) is 6.01 Å². The fraction of sp³-hybridized carbons (Fsp3) is 0.500. The molecule has 4 saturated heterocycles. The van der Waals surface area contributed by atoms with E-state index in [0.29, 0.717) is 31.9 Å². The Morgan fingerprint density at radius 2 is 1.89 bits per heavy atom. The second kappa shape index (κ2) is 10.5. The number of ether oxygens (including phenoxy) is 1. The lowest BCUT2D eigenvalue weighted by Gasteiger charge is -2.35. The summed E-state index contributed by atoms with van der Waals surface area (Å²) in [5, 5.41) is 3.40. The number of alkyl halides is 4. The van der Waals surface area contributed by atoms with Crippen LogP contribution in [0.3, 0.4) is 0 Å². The third kappa shape index (κ3) is 4.86. The Bertz CT molecular complexity index is 1830. The van der Waals surface area contributed by atoms with Gasteiger partial charge in [0.15, 0.2) is 5.13 Å². The van der Waals surface area contributed by atoms with E-state index in [1.165, 1.54) is 6.07 Å². The molecule has 6 heterocycles. The first kappa shape index (κ1) is 29.3. The Labute approximate surface area is 263 Å². The molecule has 0 aliphatic carbocycles. The number of nitrogens with two attached hydrogens (primary N) is 1. The molecule has 0 spiro atoms. The quantitative estimate of drug-likeness (QED) is 0.244. The standard InChI is InChI=1S/C30H29ClF5N7OS/c31-22-21(17-4-5-20(33)25-24(17)39-27(37)45-25)19(30(34,35)36)8-18-23(22)40-28(41-26(18)42-11-15-2-3-16(12-42)38-15)44-13-29-6-1-7-43(29)10-14(32)9-29/h4-5,8,14-16,38H,1-3,6-7,9-13H2,(H2,37,39). The third-order valence-electron chi connectivity index (χ3n) is 9.72. The maximum atomic E-state index is 14.9. The largest absolute Gasteiger partial charge is 0.461 e. The minimum absolute atomic E-state index is 0.0122. The van der Waals surface area contributed by atoms with Crippen molar-refractivity contribution in [3.05, 3.63) is 34.6 Å². The molecule has 4 aliphatic heterocycles.